The Labute approximate surface area is 215 Å². The van der Waals surface area contributed by atoms with Crippen LogP contribution < -0.4 is 5.32 Å². The second-order valence-electron chi connectivity index (χ2n) is 15.8. The topological polar surface area (TPSA) is 31.0 Å². The van der Waals surface area contributed by atoms with Gasteiger partial charge in [0.05, 0.1) is 18.2 Å². The first-order valence-corrected chi connectivity index (χ1v) is 14.9. The highest BCUT2D eigenvalue weighted by Gasteiger charge is 2.61. The normalized spacial score (nSPS) is 42.9. The maximum atomic E-state index is 6.66. The third-order valence-electron chi connectivity index (χ3n) is 12.7. The van der Waals surface area contributed by atoms with E-state index in [4.69, 9.17) is 4.74 Å². The molecule has 6 rings (SSSR count). The quantitative estimate of drug-likeness (QED) is 0.603. The molecule has 6 heterocycles. The third kappa shape index (κ3) is 3.43. The lowest BCUT2D eigenvalue weighted by Crippen LogP contribution is -2.78. The standard InChI is InChI=1S/C30H54N4O/c1-25(2,3)30-12-16-34(30)20-24(35-22-30)18-27(6,7)29-11-15-33(29)19-23(31-21-29)17-26(4,5)28-9-8-13-32(28)14-10-28/h23-24,31H,8-22H2,1-7H3. The third-order valence-corrected chi connectivity index (χ3v) is 12.7. The summed E-state index contributed by atoms with van der Waals surface area (Å²) in [6.45, 7) is 27.1. The van der Waals surface area contributed by atoms with Crippen LogP contribution in [0.5, 0.6) is 0 Å². The first-order chi connectivity index (χ1) is 16.3. The van der Waals surface area contributed by atoms with Crippen molar-refractivity contribution in [2.75, 3.05) is 52.4 Å². The monoisotopic (exact) mass is 486 g/mol. The number of nitrogens with zero attached hydrogens (tertiary/aromatic N) is 3. The first-order valence-electron chi connectivity index (χ1n) is 14.9. The van der Waals surface area contributed by atoms with Crippen molar-refractivity contribution in [3.8, 4) is 0 Å². The second kappa shape index (κ2) is 7.91. The molecule has 6 aliphatic heterocycles. The average Bonchev–Trinajstić information content (AvgIpc) is 3.00. The molecule has 35 heavy (non-hydrogen) atoms. The molecule has 0 spiro atoms. The summed E-state index contributed by atoms with van der Waals surface area (Å²) in [6.07, 6.45) is 9.74. The Bertz CT molecular complexity index is 835. The lowest BCUT2D eigenvalue weighted by Gasteiger charge is -2.67. The number of hydrogen-bond donors (Lipinski definition) is 1. The lowest BCUT2D eigenvalue weighted by molar-refractivity contribution is -0.216. The molecule has 0 aromatic carbocycles. The van der Waals surface area contributed by atoms with Crippen LogP contribution in [0.25, 0.3) is 0 Å². The summed E-state index contributed by atoms with van der Waals surface area (Å²) < 4.78 is 6.66. The van der Waals surface area contributed by atoms with Gasteiger partial charge >= 0.3 is 0 Å². The van der Waals surface area contributed by atoms with E-state index >= 15 is 0 Å². The van der Waals surface area contributed by atoms with Gasteiger partial charge in [0.2, 0.25) is 0 Å². The van der Waals surface area contributed by atoms with Gasteiger partial charge in [-0.1, -0.05) is 48.5 Å². The SMILES string of the molecule is CC(C)(C)C12CCN1CC(CC(C)(C)C13CCN1CC(CC(C)(C)C14CCCN1CC4)NC3)OC2. The van der Waals surface area contributed by atoms with E-state index in [1.165, 1.54) is 77.7 Å². The van der Waals surface area contributed by atoms with Crippen LogP contribution >= 0.6 is 0 Å². The van der Waals surface area contributed by atoms with Crippen molar-refractivity contribution >= 4 is 0 Å². The molecule has 0 radical (unpaired) electrons. The van der Waals surface area contributed by atoms with Gasteiger partial charge in [-0.3, -0.25) is 14.7 Å². The molecule has 0 amide bonds. The van der Waals surface area contributed by atoms with Crippen molar-refractivity contribution in [1.82, 2.24) is 20.0 Å². The number of piperazine rings is 1. The molecule has 0 aromatic rings. The van der Waals surface area contributed by atoms with Crippen LogP contribution in [0.3, 0.4) is 0 Å². The second-order valence-corrected chi connectivity index (χ2v) is 15.8. The van der Waals surface area contributed by atoms with Gasteiger partial charge in [-0.2, -0.15) is 0 Å². The minimum absolute atomic E-state index is 0.255. The average molecular weight is 487 g/mol. The highest BCUT2D eigenvalue weighted by Crippen LogP contribution is 2.56. The molecular weight excluding hydrogens is 432 g/mol. The number of hydrogen-bond acceptors (Lipinski definition) is 5. The minimum Gasteiger partial charge on any atom is -0.375 e. The molecule has 6 fully saturated rings. The smallest absolute Gasteiger partial charge is 0.0708 e. The Morgan fingerprint density at radius 1 is 0.714 bits per heavy atom. The molecule has 6 aliphatic rings. The lowest BCUT2D eigenvalue weighted by atomic mass is 9.59. The predicted octanol–water partition coefficient (Wildman–Crippen LogP) is 4.36. The highest BCUT2D eigenvalue weighted by atomic mass is 16.5. The van der Waals surface area contributed by atoms with Crippen LogP contribution in [-0.4, -0.2) is 95.9 Å². The van der Waals surface area contributed by atoms with Gasteiger partial charge in [-0.15, -0.1) is 0 Å². The van der Waals surface area contributed by atoms with E-state index in [-0.39, 0.29) is 11.0 Å². The van der Waals surface area contributed by atoms with Crippen molar-refractivity contribution in [1.29, 1.82) is 0 Å². The molecule has 200 valence electrons. The van der Waals surface area contributed by atoms with E-state index in [1.54, 1.807) is 0 Å². The zero-order chi connectivity index (χ0) is 24.9. The zero-order valence-corrected chi connectivity index (χ0v) is 24.0. The van der Waals surface area contributed by atoms with Gasteiger partial charge in [-0.25, -0.2) is 0 Å². The van der Waals surface area contributed by atoms with Crippen LogP contribution in [0, 0.1) is 16.2 Å². The Balaban J connectivity index is 1.08. The first kappa shape index (κ1) is 25.1. The van der Waals surface area contributed by atoms with E-state index in [1.807, 2.05) is 0 Å². The fraction of sp³-hybridized carbons (Fsp3) is 1.00. The van der Waals surface area contributed by atoms with Gasteiger partial charge in [0.25, 0.3) is 0 Å². The van der Waals surface area contributed by atoms with E-state index in [2.05, 4.69) is 68.5 Å². The Kier molecular flexibility index (Phi) is 5.67. The predicted molar refractivity (Wildman–Crippen MR) is 144 cm³/mol. The number of ether oxygens (including phenoxy) is 1. The van der Waals surface area contributed by atoms with E-state index in [0.717, 1.165) is 19.7 Å². The van der Waals surface area contributed by atoms with Gasteiger partial charge in [-0.05, 0) is 67.7 Å². The molecule has 5 nitrogen and oxygen atoms in total. The fourth-order valence-corrected chi connectivity index (χ4v) is 9.89. The van der Waals surface area contributed by atoms with Crippen LogP contribution in [0.2, 0.25) is 0 Å². The number of rotatable bonds is 6. The van der Waals surface area contributed by atoms with E-state index in [9.17, 15) is 0 Å². The van der Waals surface area contributed by atoms with Crippen LogP contribution in [0.15, 0.2) is 0 Å². The minimum atomic E-state index is 0.255. The van der Waals surface area contributed by atoms with Gasteiger partial charge < -0.3 is 10.1 Å². The molecule has 5 unspecified atom stereocenters. The van der Waals surface area contributed by atoms with Gasteiger partial charge in [0.15, 0.2) is 0 Å². The molecule has 0 saturated carbocycles. The van der Waals surface area contributed by atoms with Crippen LogP contribution in [0.1, 0.15) is 93.4 Å². The summed E-state index contributed by atoms with van der Waals surface area (Å²) in [7, 11) is 0. The fourth-order valence-electron chi connectivity index (χ4n) is 9.89. The summed E-state index contributed by atoms with van der Waals surface area (Å²) >= 11 is 0. The van der Waals surface area contributed by atoms with Crippen molar-refractivity contribution < 1.29 is 4.74 Å². The van der Waals surface area contributed by atoms with Crippen molar-refractivity contribution in [3.05, 3.63) is 0 Å². The molecular formula is C30H54N4O. The molecule has 1 N–H and O–H groups in total. The zero-order valence-electron chi connectivity index (χ0n) is 24.0. The summed E-state index contributed by atoms with van der Waals surface area (Å²) in [6, 6.07) is 0.631. The molecule has 5 atom stereocenters. The van der Waals surface area contributed by atoms with Crippen molar-refractivity contribution in [3.63, 3.8) is 0 Å². The maximum absolute atomic E-state index is 6.66. The Morgan fingerprint density at radius 2 is 1.34 bits per heavy atom. The van der Waals surface area contributed by atoms with Gasteiger partial charge in [0.1, 0.15) is 0 Å². The molecule has 0 aromatic heterocycles. The maximum Gasteiger partial charge on any atom is 0.0708 e. The van der Waals surface area contributed by atoms with Gasteiger partial charge in [0, 0.05) is 56.4 Å². The largest absolute Gasteiger partial charge is 0.375 e. The van der Waals surface area contributed by atoms with Crippen molar-refractivity contribution in [2.45, 2.75) is 122 Å². The molecule has 0 aliphatic carbocycles. The summed E-state index contributed by atoms with van der Waals surface area (Å²) in [4.78, 5) is 8.45. The Hall–Kier alpha value is -0.200. The highest BCUT2D eigenvalue weighted by molar-refractivity contribution is 5.17. The summed E-state index contributed by atoms with van der Waals surface area (Å²) in [5, 5.41) is 4.11. The van der Waals surface area contributed by atoms with E-state index in [0.29, 0.717) is 34.1 Å². The van der Waals surface area contributed by atoms with Crippen LogP contribution in [0.4, 0.5) is 0 Å². The van der Waals surface area contributed by atoms with Crippen molar-refractivity contribution in [2.24, 2.45) is 16.2 Å². The van der Waals surface area contributed by atoms with E-state index < -0.39 is 0 Å². The Morgan fingerprint density at radius 3 is 1.86 bits per heavy atom. The molecule has 6 saturated heterocycles. The summed E-state index contributed by atoms with van der Waals surface area (Å²) in [5.74, 6) is 0. The summed E-state index contributed by atoms with van der Waals surface area (Å²) in [5.41, 5.74) is 2.01. The number of nitrogens with one attached hydrogen (secondary N) is 1. The number of fused-ring (bicyclic) bond motifs is 3. The van der Waals surface area contributed by atoms with Crippen LogP contribution in [-0.2, 0) is 4.74 Å². The number of morpholine rings is 1. The molecule has 5 heteroatoms. The molecule has 0 bridgehead atoms.